The zero-order valence-electron chi connectivity index (χ0n) is 24.2. The molecular weight excluding hydrogens is 551 g/mol. The summed E-state index contributed by atoms with van der Waals surface area (Å²) in [6.45, 7) is 2.17. The van der Waals surface area contributed by atoms with Crippen molar-refractivity contribution in [2.45, 2.75) is 22.1 Å². The Hall–Kier alpha value is -5.05. The highest BCUT2D eigenvalue weighted by Crippen LogP contribution is 2.63. The molecule has 44 heavy (non-hydrogen) atoms. The maximum Gasteiger partial charge on any atom is 0.0736 e. The van der Waals surface area contributed by atoms with Crippen molar-refractivity contribution in [3.8, 4) is 16.8 Å². The Kier molecular flexibility index (Phi) is 4.85. The van der Waals surface area contributed by atoms with Gasteiger partial charge in [-0.1, -0.05) is 145 Å². The fourth-order valence-electron chi connectivity index (χ4n) is 8.12. The maximum absolute atomic E-state index is 2.55. The maximum atomic E-state index is 2.55. The summed E-state index contributed by atoms with van der Waals surface area (Å²) in [5.74, 6) is 0. The van der Waals surface area contributed by atoms with Gasteiger partial charge < -0.3 is 4.57 Å². The highest BCUT2D eigenvalue weighted by atomic mass is 32.2. The number of rotatable bonds is 1. The third kappa shape index (κ3) is 2.96. The fraction of sp³-hybridized carbons (Fsp3) is 0.0476. The van der Waals surface area contributed by atoms with E-state index in [0.717, 1.165) is 0 Å². The van der Waals surface area contributed by atoms with Gasteiger partial charge in [-0.15, -0.1) is 0 Å². The van der Waals surface area contributed by atoms with E-state index in [9.17, 15) is 0 Å². The van der Waals surface area contributed by atoms with Crippen LogP contribution in [0.1, 0.15) is 27.8 Å². The third-order valence-corrected chi connectivity index (χ3v) is 11.1. The summed E-state index contributed by atoms with van der Waals surface area (Å²) in [6.07, 6.45) is 0. The molecule has 10 rings (SSSR count). The Labute approximate surface area is 260 Å². The zero-order valence-corrected chi connectivity index (χ0v) is 25.0. The molecule has 0 saturated heterocycles. The molecule has 2 heterocycles. The molecule has 1 aliphatic heterocycles. The van der Waals surface area contributed by atoms with E-state index in [1.165, 1.54) is 87.0 Å². The van der Waals surface area contributed by atoms with Crippen LogP contribution in [-0.4, -0.2) is 4.57 Å². The molecular formula is C42H27NS. The Morgan fingerprint density at radius 1 is 0.477 bits per heavy atom. The first-order chi connectivity index (χ1) is 21.7. The molecule has 2 heteroatoms. The van der Waals surface area contributed by atoms with Crippen LogP contribution in [0.15, 0.2) is 155 Å². The van der Waals surface area contributed by atoms with Crippen LogP contribution in [0.3, 0.4) is 0 Å². The number of aryl methyl sites for hydroxylation is 1. The van der Waals surface area contributed by atoms with Crippen LogP contribution in [-0.2, 0) is 5.41 Å². The summed E-state index contributed by atoms with van der Waals surface area (Å²) < 4.78 is 2.55. The van der Waals surface area contributed by atoms with Crippen LogP contribution in [0.25, 0.3) is 49.4 Å². The molecule has 1 nitrogen and oxygen atoms in total. The molecule has 1 aliphatic carbocycles. The van der Waals surface area contributed by atoms with Crippen molar-refractivity contribution in [2.75, 3.05) is 0 Å². The second kappa shape index (κ2) is 8.75. The Bertz CT molecular complexity index is 2430. The van der Waals surface area contributed by atoms with E-state index in [-0.39, 0.29) is 0 Å². The smallest absolute Gasteiger partial charge is 0.0736 e. The standard InChI is InChI=1S/C42H27NS/c1-26-18-21-28(22-19-26)43-39-29-11-3-2-10-27(29)20-23-32(39)33-24-25-37-41(40(33)43)44-38-17-9-8-16-36(38)42(37)34-14-6-4-12-30(34)31-13-5-7-15-35(31)42/h2-25H,1H3. The molecule has 1 aromatic heterocycles. The molecule has 0 radical (unpaired) electrons. The van der Waals surface area contributed by atoms with Gasteiger partial charge in [0.25, 0.3) is 0 Å². The van der Waals surface area contributed by atoms with Gasteiger partial charge in [0, 0.05) is 31.6 Å². The average molecular weight is 578 g/mol. The lowest BCUT2D eigenvalue weighted by Crippen LogP contribution is -2.32. The van der Waals surface area contributed by atoms with Gasteiger partial charge in [0.15, 0.2) is 0 Å². The molecule has 0 unspecified atom stereocenters. The van der Waals surface area contributed by atoms with E-state index in [1.54, 1.807) is 0 Å². The molecule has 0 atom stereocenters. The topological polar surface area (TPSA) is 4.93 Å². The molecule has 0 saturated carbocycles. The Balaban J connectivity index is 1.44. The summed E-state index contributed by atoms with van der Waals surface area (Å²) in [4.78, 5) is 2.66. The van der Waals surface area contributed by atoms with E-state index < -0.39 is 5.41 Å². The molecule has 1 spiro atoms. The quantitative estimate of drug-likeness (QED) is 0.188. The van der Waals surface area contributed by atoms with E-state index in [0.29, 0.717) is 0 Å². The van der Waals surface area contributed by atoms with Crippen LogP contribution in [0.4, 0.5) is 0 Å². The van der Waals surface area contributed by atoms with Gasteiger partial charge in [0.1, 0.15) is 0 Å². The predicted octanol–water partition coefficient (Wildman–Crippen LogP) is 11.1. The Morgan fingerprint density at radius 2 is 1.09 bits per heavy atom. The molecule has 0 fully saturated rings. The van der Waals surface area contributed by atoms with Crippen LogP contribution in [0.2, 0.25) is 0 Å². The van der Waals surface area contributed by atoms with Crippen LogP contribution in [0, 0.1) is 6.92 Å². The van der Waals surface area contributed by atoms with E-state index >= 15 is 0 Å². The molecule has 206 valence electrons. The third-order valence-electron chi connectivity index (χ3n) is 9.92. The van der Waals surface area contributed by atoms with Crippen molar-refractivity contribution in [2.24, 2.45) is 0 Å². The first-order valence-corrected chi connectivity index (χ1v) is 16.1. The molecule has 0 amide bonds. The number of fused-ring (bicyclic) bond motifs is 15. The van der Waals surface area contributed by atoms with Crippen LogP contribution in [0.5, 0.6) is 0 Å². The van der Waals surface area contributed by atoms with Gasteiger partial charge in [0.2, 0.25) is 0 Å². The lowest BCUT2D eigenvalue weighted by molar-refractivity contribution is 0.724. The number of benzene rings is 7. The van der Waals surface area contributed by atoms with Crippen molar-refractivity contribution in [1.82, 2.24) is 4.57 Å². The molecule has 7 aromatic carbocycles. The predicted molar refractivity (Wildman–Crippen MR) is 184 cm³/mol. The minimum absolute atomic E-state index is 0.394. The second-order valence-electron chi connectivity index (χ2n) is 12.1. The van der Waals surface area contributed by atoms with Crippen LogP contribution < -0.4 is 0 Å². The van der Waals surface area contributed by atoms with Gasteiger partial charge >= 0.3 is 0 Å². The van der Waals surface area contributed by atoms with Gasteiger partial charge in [-0.3, -0.25) is 0 Å². The fourth-order valence-corrected chi connectivity index (χ4v) is 9.45. The van der Waals surface area contributed by atoms with Crippen molar-refractivity contribution in [1.29, 1.82) is 0 Å². The molecule has 8 aromatic rings. The number of hydrogen-bond acceptors (Lipinski definition) is 1. The number of aromatic nitrogens is 1. The minimum atomic E-state index is -0.394. The van der Waals surface area contributed by atoms with E-state index in [2.05, 4.69) is 157 Å². The zero-order chi connectivity index (χ0) is 29.0. The van der Waals surface area contributed by atoms with Gasteiger partial charge in [-0.05, 0) is 63.9 Å². The van der Waals surface area contributed by atoms with Crippen LogP contribution >= 0.6 is 11.8 Å². The highest BCUT2D eigenvalue weighted by molar-refractivity contribution is 7.99. The van der Waals surface area contributed by atoms with Gasteiger partial charge in [-0.25, -0.2) is 0 Å². The first kappa shape index (κ1) is 24.4. The average Bonchev–Trinajstić information content (AvgIpc) is 3.57. The highest BCUT2D eigenvalue weighted by Gasteiger charge is 2.50. The Morgan fingerprint density at radius 3 is 1.86 bits per heavy atom. The van der Waals surface area contributed by atoms with Gasteiger partial charge in [0.05, 0.1) is 16.4 Å². The monoisotopic (exact) mass is 577 g/mol. The first-order valence-electron chi connectivity index (χ1n) is 15.3. The van der Waals surface area contributed by atoms with E-state index in [4.69, 9.17) is 0 Å². The second-order valence-corrected chi connectivity index (χ2v) is 13.2. The largest absolute Gasteiger partial charge is 0.307 e. The van der Waals surface area contributed by atoms with Crippen molar-refractivity contribution in [3.63, 3.8) is 0 Å². The summed E-state index contributed by atoms with van der Waals surface area (Å²) >= 11 is 1.93. The van der Waals surface area contributed by atoms with Crippen molar-refractivity contribution in [3.05, 3.63) is 173 Å². The molecule has 0 bridgehead atoms. The number of hydrogen-bond donors (Lipinski definition) is 0. The van der Waals surface area contributed by atoms with E-state index in [1.807, 2.05) is 11.8 Å². The lowest BCUT2D eigenvalue weighted by Gasteiger charge is -2.40. The normalized spacial score (nSPS) is 14.1. The van der Waals surface area contributed by atoms with Gasteiger partial charge in [-0.2, -0.15) is 0 Å². The summed E-state index contributed by atoms with van der Waals surface area (Å²) in [7, 11) is 0. The van der Waals surface area contributed by atoms with Crippen molar-refractivity contribution >= 4 is 44.3 Å². The molecule has 0 N–H and O–H groups in total. The summed E-state index contributed by atoms with van der Waals surface area (Å²) in [6, 6.07) is 54.5. The minimum Gasteiger partial charge on any atom is -0.307 e. The van der Waals surface area contributed by atoms with Crippen molar-refractivity contribution < 1.29 is 0 Å². The summed E-state index contributed by atoms with van der Waals surface area (Å²) in [5.41, 5.74) is 12.8. The number of nitrogens with zero attached hydrogens (tertiary/aromatic N) is 1. The molecule has 2 aliphatic rings. The SMILES string of the molecule is Cc1ccc(-n2c3c4c(ccc3c3ccc5ccccc5c32)C2(c3ccccc3S4)c3ccccc3-c3ccccc32)cc1. The summed E-state index contributed by atoms with van der Waals surface area (Å²) in [5, 5.41) is 5.13. The lowest BCUT2D eigenvalue weighted by atomic mass is 9.67.